The average molecular weight is 234 g/mol. The lowest BCUT2D eigenvalue weighted by molar-refractivity contribution is 0.289. The highest BCUT2D eigenvalue weighted by Gasteiger charge is 2.17. The molecule has 1 heterocycles. The van der Waals surface area contributed by atoms with Crippen molar-refractivity contribution in [3.8, 4) is 0 Å². The van der Waals surface area contributed by atoms with Crippen molar-refractivity contribution < 1.29 is 5.11 Å². The Hall–Kier alpha value is -1.06. The van der Waals surface area contributed by atoms with Crippen LogP contribution in [0.15, 0.2) is 18.2 Å². The Morgan fingerprint density at radius 3 is 3.00 bits per heavy atom. The van der Waals surface area contributed by atoms with Gasteiger partial charge < -0.3 is 15.7 Å². The molecule has 0 bridgehead atoms. The summed E-state index contributed by atoms with van der Waals surface area (Å²) in [5.41, 5.74) is 9.86. The molecule has 0 spiro atoms. The van der Waals surface area contributed by atoms with Gasteiger partial charge in [-0.15, -0.1) is 0 Å². The molecule has 1 atom stereocenters. The fraction of sp³-hybridized carbons (Fsp3) is 0.571. The van der Waals surface area contributed by atoms with Gasteiger partial charge in [0.1, 0.15) is 0 Å². The summed E-state index contributed by atoms with van der Waals surface area (Å²) in [6.07, 6.45) is 3.18. The van der Waals surface area contributed by atoms with Crippen LogP contribution in [0.25, 0.3) is 0 Å². The molecule has 1 aromatic rings. The van der Waals surface area contributed by atoms with Gasteiger partial charge in [-0.3, -0.25) is 0 Å². The van der Waals surface area contributed by atoms with Crippen molar-refractivity contribution in [1.29, 1.82) is 0 Å². The van der Waals surface area contributed by atoms with Crippen LogP contribution < -0.4 is 10.6 Å². The standard InChI is InChI=1S/C14H22N2O/c1-11(15)12-5-6-14-13(10-12)4-2-7-16(14)8-3-9-17/h5-6,10-11,17H,2-4,7-9,15H2,1H3. The van der Waals surface area contributed by atoms with Crippen LogP contribution in [-0.4, -0.2) is 24.8 Å². The third-order valence-electron chi connectivity index (χ3n) is 3.43. The van der Waals surface area contributed by atoms with Gasteiger partial charge in [-0.25, -0.2) is 0 Å². The van der Waals surface area contributed by atoms with Crippen molar-refractivity contribution in [2.45, 2.75) is 32.2 Å². The van der Waals surface area contributed by atoms with Crippen LogP contribution in [0.2, 0.25) is 0 Å². The second-order valence-electron chi connectivity index (χ2n) is 4.84. The maximum atomic E-state index is 8.92. The molecule has 0 radical (unpaired) electrons. The summed E-state index contributed by atoms with van der Waals surface area (Å²) >= 11 is 0. The molecule has 0 saturated heterocycles. The van der Waals surface area contributed by atoms with Gasteiger partial charge in [0.15, 0.2) is 0 Å². The number of hydrogen-bond acceptors (Lipinski definition) is 3. The Morgan fingerprint density at radius 1 is 1.47 bits per heavy atom. The van der Waals surface area contributed by atoms with Gasteiger partial charge in [0.05, 0.1) is 0 Å². The van der Waals surface area contributed by atoms with E-state index in [1.165, 1.54) is 23.2 Å². The monoisotopic (exact) mass is 234 g/mol. The molecule has 1 unspecified atom stereocenters. The Morgan fingerprint density at radius 2 is 2.29 bits per heavy atom. The fourth-order valence-electron chi connectivity index (χ4n) is 2.47. The van der Waals surface area contributed by atoms with Crippen molar-refractivity contribution >= 4 is 5.69 Å². The number of aliphatic hydroxyl groups is 1. The van der Waals surface area contributed by atoms with Gasteiger partial charge in [0.2, 0.25) is 0 Å². The number of nitrogens with two attached hydrogens (primary N) is 1. The Labute approximate surface area is 103 Å². The van der Waals surface area contributed by atoms with Crippen LogP contribution in [0.1, 0.15) is 36.9 Å². The first-order valence-electron chi connectivity index (χ1n) is 6.46. The maximum absolute atomic E-state index is 8.92. The number of rotatable bonds is 4. The van der Waals surface area contributed by atoms with E-state index in [0.29, 0.717) is 0 Å². The number of aryl methyl sites for hydroxylation is 1. The predicted molar refractivity (Wildman–Crippen MR) is 71.3 cm³/mol. The third-order valence-corrected chi connectivity index (χ3v) is 3.43. The van der Waals surface area contributed by atoms with Crippen LogP contribution >= 0.6 is 0 Å². The molecule has 3 nitrogen and oxygen atoms in total. The quantitative estimate of drug-likeness (QED) is 0.835. The van der Waals surface area contributed by atoms with E-state index in [-0.39, 0.29) is 12.6 Å². The van der Waals surface area contributed by atoms with Crippen LogP contribution in [0.5, 0.6) is 0 Å². The molecule has 17 heavy (non-hydrogen) atoms. The molecule has 3 N–H and O–H groups in total. The zero-order chi connectivity index (χ0) is 12.3. The second-order valence-corrected chi connectivity index (χ2v) is 4.84. The van der Waals surface area contributed by atoms with Gasteiger partial charge in [0.25, 0.3) is 0 Å². The van der Waals surface area contributed by atoms with E-state index < -0.39 is 0 Å². The zero-order valence-electron chi connectivity index (χ0n) is 10.5. The normalized spacial score (nSPS) is 16.8. The summed E-state index contributed by atoms with van der Waals surface area (Å²) in [4.78, 5) is 2.38. The molecule has 0 aliphatic carbocycles. The average Bonchev–Trinajstić information content (AvgIpc) is 2.35. The minimum absolute atomic E-state index is 0.105. The van der Waals surface area contributed by atoms with E-state index in [1.807, 2.05) is 6.92 Å². The minimum Gasteiger partial charge on any atom is -0.396 e. The fourth-order valence-corrected chi connectivity index (χ4v) is 2.47. The van der Waals surface area contributed by atoms with Crippen molar-refractivity contribution in [2.75, 3.05) is 24.6 Å². The van der Waals surface area contributed by atoms with Crippen molar-refractivity contribution in [3.63, 3.8) is 0 Å². The molecular formula is C14H22N2O. The number of aliphatic hydroxyl groups excluding tert-OH is 1. The SMILES string of the molecule is CC(N)c1ccc2c(c1)CCCN2CCCO. The molecule has 3 heteroatoms. The van der Waals surface area contributed by atoms with E-state index in [9.17, 15) is 0 Å². The zero-order valence-corrected chi connectivity index (χ0v) is 10.5. The highest BCUT2D eigenvalue weighted by Crippen LogP contribution is 2.29. The largest absolute Gasteiger partial charge is 0.396 e. The minimum atomic E-state index is 0.105. The van der Waals surface area contributed by atoms with Crippen molar-refractivity contribution in [1.82, 2.24) is 0 Å². The maximum Gasteiger partial charge on any atom is 0.0447 e. The van der Waals surface area contributed by atoms with Crippen LogP contribution in [0.4, 0.5) is 5.69 Å². The molecular weight excluding hydrogens is 212 g/mol. The first-order chi connectivity index (χ1) is 8.22. The number of hydrogen-bond donors (Lipinski definition) is 2. The van der Waals surface area contributed by atoms with E-state index in [0.717, 1.165) is 25.9 Å². The molecule has 1 aliphatic rings. The predicted octanol–water partition coefficient (Wildman–Crippen LogP) is 1.84. The summed E-state index contributed by atoms with van der Waals surface area (Å²) in [5.74, 6) is 0. The summed E-state index contributed by atoms with van der Waals surface area (Å²) < 4.78 is 0. The summed E-state index contributed by atoms with van der Waals surface area (Å²) in [6, 6.07) is 6.66. The van der Waals surface area contributed by atoms with Crippen molar-refractivity contribution in [3.05, 3.63) is 29.3 Å². The lowest BCUT2D eigenvalue weighted by atomic mass is 9.97. The molecule has 94 valence electrons. The van der Waals surface area contributed by atoms with Crippen molar-refractivity contribution in [2.24, 2.45) is 5.73 Å². The summed E-state index contributed by atoms with van der Waals surface area (Å²) in [5, 5.41) is 8.92. The Balaban J connectivity index is 2.20. The molecule has 1 aliphatic heterocycles. The summed E-state index contributed by atoms with van der Waals surface area (Å²) in [6.45, 7) is 4.34. The summed E-state index contributed by atoms with van der Waals surface area (Å²) in [7, 11) is 0. The van der Waals surface area contributed by atoms with Gasteiger partial charge >= 0.3 is 0 Å². The number of benzene rings is 1. The topological polar surface area (TPSA) is 49.5 Å². The first-order valence-corrected chi connectivity index (χ1v) is 6.46. The number of fused-ring (bicyclic) bond motifs is 1. The molecule has 0 amide bonds. The van der Waals surface area contributed by atoms with E-state index in [4.69, 9.17) is 10.8 Å². The van der Waals surface area contributed by atoms with Gasteiger partial charge in [-0.1, -0.05) is 12.1 Å². The lowest BCUT2D eigenvalue weighted by Gasteiger charge is -2.31. The number of anilines is 1. The second kappa shape index (κ2) is 5.52. The van der Waals surface area contributed by atoms with E-state index >= 15 is 0 Å². The Bertz CT molecular complexity index is 376. The van der Waals surface area contributed by atoms with Gasteiger partial charge in [-0.05, 0) is 43.4 Å². The molecule has 0 aromatic heterocycles. The van der Waals surface area contributed by atoms with Gasteiger partial charge in [0, 0.05) is 31.4 Å². The Kier molecular flexibility index (Phi) is 4.02. The van der Waals surface area contributed by atoms with Crippen LogP contribution in [-0.2, 0) is 6.42 Å². The first kappa shape index (κ1) is 12.4. The smallest absolute Gasteiger partial charge is 0.0447 e. The molecule has 1 aromatic carbocycles. The highest BCUT2D eigenvalue weighted by molar-refractivity contribution is 5.57. The van der Waals surface area contributed by atoms with E-state index in [1.54, 1.807) is 0 Å². The lowest BCUT2D eigenvalue weighted by Crippen LogP contribution is -2.30. The highest BCUT2D eigenvalue weighted by atomic mass is 16.3. The molecule has 0 fully saturated rings. The molecule has 0 saturated carbocycles. The van der Waals surface area contributed by atoms with E-state index in [2.05, 4.69) is 23.1 Å². The number of nitrogens with zero attached hydrogens (tertiary/aromatic N) is 1. The third kappa shape index (κ3) is 2.79. The molecule has 2 rings (SSSR count). The van der Waals surface area contributed by atoms with Crippen LogP contribution in [0, 0.1) is 0 Å². The van der Waals surface area contributed by atoms with Crippen LogP contribution in [0.3, 0.4) is 0 Å². The van der Waals surface area contributed by atoms with Gasteiger partial charge in [-0.2, -0.15) is 0 Å².